The van der Waals surface area contributed by atoms with Gasteiger partial charge in [-0.15, -0.1) is 0 Å². The zero-order valence-corrected chi connectivity index (χ0v) is 17.1. The van der Waals surface area contributed by atoms with Crippen molar-refractivity contribution in [1.82, 2.24) is 14.8 Å². The Morgan fingerprint density at radius 2 is 1.74 bits per heavy atom. The molecule has 7 heteroatoms. The standard InChI is InChI=1S/C24H21N3O4/c1-16-20(25-24(31-16)17-6-3-2-4-7-17)15-27-23(28)11-9-19(26-27)18-8-10-21-22(14-18)30-13-5-12-29-21/h2-4,6-11,14H,5,12-13,15H2,1H3. The number of hydrogen-bond acceptors (Lipinski definition) is 6. The molecule has 4 aromatic rings. The monoisotopic (exact) mass is 415 g/mol. The van der Waals surface area contributed by atoms with Crippen LogP contribution in [0, 0.1) is 6.92 Å². The average Bonchev–Trinajstić information content (AvgIpc) is 3.01. The van der Waals surface area contributed by atoms with Gasteiger partial charge in [0.1, 0.15) is 11.5 Å². The fourth-order valence-corrected chi connectivity index (χ4v) is 3.46. The van der Waals surface area contributed by atoms with Crippen LogP contribution in [0.2, 0.25) is 0 Å². The third kappa shape index (κ3) is 3.94. The predicted molar refractivity (Wildman–Crippen MR) is 115 cm³/mol. The third-order valence-electron chi connectivity index (χ3n) is 5.12. The van der Waals surface area contributed by atoms with Gasteiger partial charge in [-0.3, -0.25) is 4.79 Å². The topological polar surface area (TPSA) is 79.4 Å². The zero-order valence-electron chi connectivity index (χ0n) is 17.1. The minimum atomic E-state index is -0.207. The predicted octanol–water partition coefficient (Wildman–Crippen LogP) is 4.08. The molecule has 7 nitrogen and oxygen atoms in total. The van der Waals surface area contributed by atoms with Gasteiger partial charge in [0.25, 0.3) is 5.56 Å². The summed E-state index contributed by atoms with van der Waals surface area (Å²) in [6, 6.07) is 18.6. The van der Waals surface area contributed by atoms with Crippen molar-refractivity contribution in [2.75, 3.05) is 13.2 Å². The Hall–Kier alpha value is -3.87. The van der Waals surface area contributed by atoms with E-state index in [1.807, 2.05) is 55.5 Å². The van der Waals surface area contributed by atoms with Crippen molar-refractivity contribution in [3.05, 3.63) is 82.5 Å². The number of nitrogens with zero attached hydrogens (tertiary/aromatic N) is 3. The molecule has 156 valence electrons. The van der Waals surface area contributed by atoms with Gasteiger partial charge in [0.15, 0.2) is 11.5 Å². The number of oxazole rings is 1. The molecule has 0 N–H and O–H groups in total. The lowest BCUT2D eigenvalue weighted by atomic mass is 10.1. The van der Waals surface area contributed by atoms with E-state index in [0.717, 1.165) is 23.3 Å². The molecule has 0 spiro atoms. The molecule has 0 saturated heterocycles. The molecule has 31 heavy (non-hydrogen) atoms. The Bertz CT molecular complexity index is 1280. The molecule has 0 fully saturated rings. The van der Waals surface area contributed by atoms with Crippen molar-refractivity contribution >= 4 is 0 Å². The van der Waals surface area contributed by atoms with E-state index in [0.29, 0.717) is 42.0 Å². The molecule has 5 rings (SSSR count). The maximum atomic E-state index is 12.5. The van der Waals surface area contributed by atoms with Crippen LogP contribution < -0.4 is 15.0 Å². The number of aromatic nitrogens is 3. The molecule has 0 bridgehead atoms. The van der Waals surface area contributed by atoms with Crippen LogP contribution in [0.25, 0.3) is 22.7 Å². The highest BCUT2D eigenvalue weighted by atomic mass is 16.5. The van der Waals surface area contributed by atoms with Crippen LogP contribution in [-0.4, -0.2) is 28.0 Å². The molecular formula is C24H21N3O4. The van der Waals surface area contributed by atoms with Crippen LogP contribution in [0.3, 0.4) is 0 Å². The Kier molecular flexibility index (Phi) is 5.00. The second-order valence-corrected chi connectivity index (χ2v) is 7.31. The highest BCUT2D eigenvalue weighted by Gasteiger charge is 2.15. The number of aryl methyl sites for hydroxylation is 1. The molecule has 1 aliphatic heterocycles. The maximum Gasteiger partial charge on any atom is 0.267 e. The number of rotatable bonds is 4. The molecule has 0 unspecified atom stereocenters. The summed E-state index contributed by atoms with van der Waals surface area (Å²) in [5.74, 6) is 2.60. The number of hydrogen-bond donors (Lipinski definition) is 0. The van der Waals surface area contributed by atoms with Crippen molar-refractivity contribution < 1.29 is 13.9 Å². The van der Waals surface area contributed by atoms with Crippen LogP contribution >= 0.6 is 0 Å². The zero-order chi connectivity index (χ0) is 21.2. The molecule has 0 amide bonds. The Balaban J connectivity index is 1.46. The van der Waals surface area contributed by atoms with Crippen LogP contribution in [0.4, 0.5) is 0 Å². The SMILES string of the molecule is Cc1oc(-c2ccccc2)nc1Cn1nc(-c2ccc3c(c2)OCCCO3)ccc1=O. The van der Waals surface area contributed by atoms with Gasteiger partial charge in [0.2, 0.25) is 5.89 Å². The number of ether oxygens (including phenoxy) is 2. The maximum absolute atomic E-state index is 12.5. The van der Waals surface area contributed by atoms with E-state index in [2.05, 4.69) is 10.1 Å². The molecule has 0 atom stereocenters. The third-order valence-corrected chi connectivity index (χ3v) is 5.12. The van der Waals surface area contributed by atoms with E-state index in [1.54, 1.807) is 6.07 Å². The van der Waals surface area contributed by atoms with E-state index in [1.165, 1.54) is 10.7 Å². The summed E-state index contributed by atoms with van der Waals surface area (Å²) < 4.78 is 18.7. The van der Waals surface area contributed by atoms with Gasteiger partial charge in [-0.1, -0.05) is 18.2 Å². The van der Waals surface area contributed by atoms with E-state index >= 15 is 0 Å². The summed E-state index contributed by atoms with van der Waals surface area (Å²) in [6.45, 7) is 3.31. The Morgan fingerprint density at radius 1 is 0.935 bits per heavy atom. The molecule has 0 radical (unpaired) electrons. The summed E-state index contributed by atoms with van der Waals surface area (Å²) in [7, 11) is 0. The van der Waals surface area contributed by atoms with Crippen LogP contribution in [0.5, 0.6) is 11.5 Å². The highest BCUT2D eigenvalue weighted by Crippen LogP contribution is 2.33. The van der Waals surface area contributed by atoms with E-state index < -0.39 is 0 Å². The van der Waals surface area contributed by atoms with Gasteiger partial charge >= 0.3 is 0 Å². The van der Waals surface area contributed by atoms with Gasteiger partial charge < -0.3 is 13.9 Å². The van der Waals surface area contributed by atoms with Crippen molar-refractivity contribution in [2.45, 2.75) is 19.9 Å². The van der Waals surface area contributed by atoms with Gasteiger partial charge in [0.05, 0.1) is 25.5 Å². The summed E-state index contributed by atoms with van der Waals surface area (Å²) in [4.78, 5) is 17.1. The molecule has 0 aliphatic carbocycles. The first-order chi connectivity index (χ1) is 15.2. The van der Waals surface area contributed by atoms with Gasteiger partial charge in [0, 0.05) is 23.6 Å². The van der Waals surface area contributed by atoms with Crippen LogP contribution in [0.1, 0.15) is 17.9 Å². The minimum Gasteiger partial charge on any atom is -0.490 e. The normalized spacial score (nSPS) is 13.1. The van der Waals surface area contributed by atoms with Crippen molar-refractivity contribution in [2.24, 2.45) is 0 Å². The number of benzene rings is 2. The van der Waals surface area contributed by atoms with E-state index in [-0.39, 0.29) is 12.1 Å². The van der Waals surface area contributed by atoms with Crippen molar-refractivity contribution in [3.63, 3.8) is 0 Å². The summed E-state index contributed by atoms with van der Waals surface area (Å²) >= 11 is 0. The lowest BCUT2D eigenvalue weighted by molar-refractivity contribution is 0.297. The average molecular weight is 415 g/mol. The molecule has 2 aromatic carbocycles. The lowest BCUT2D eigenvalue weighted by Crippen LogP contribution is -2.23. The lowest BCUT2D eigenvalue weighted by Gasteiger charge is -2.10. The Morgan fingerprint density at radius 3 is 2.58 bits per heavy atom. The second-order valence-electron chi connectivity index (χ2n) is 7.31. The first-order valence-electron chi connectivity index (χ1n) is 10.2. The van der Waals surface area contributed by atoms with Gasteiger partial charge in [-0.2, -0.15) is 5.10 Å². The molecule has 0 saturated carbocycles. The van der Waals surface area contributed by atoms with E-state index in [9.17, 15) is 4.79 Å². The summed E-state index contributed by atoms with van der Waals surface area (Å²) in [5.41, 5.74) is 2.86. The van der Waals surface area contributed by atoms with Crippen molar-refractivity contribution in [3.8, 4) is 34.2 Å². The molecule has 3 heterocycles. The van der Waals surface area contributed by atoms with Crippen LogP contribution in [0.15, 0.2) is 69.9 Å². The molecular weight excluding hydrogens is 394 g/mol. The van der Waals surface area contributed by atoms with Crippen molar-refractivity contribution in [1.29, 1.82) is 0 Å². The minimum absolute atomic E-state index is 0.207. The number of fused-ring (bicyclic) bond motifs is 1. The largest absolute Gasteiger partial charge is 0.490 e. The fraction of sp³-hybridized carbons (Fsp3) is 0.208. The molecule has 1 aliphatic rings. The highest BCUT2D eigenvalue weighted by molar-refractivity contribution is 5.63. The molecule has 2 aromatic heterocycles. The second kappa shape index (κ2) is 8.10. The smallest absolute Gasteiger partial charge is 0.267 e. The summed E-state index contributed by atoms with van der Waals surface area (Å²) in [6.07, 6.45) is 0.842. The van der Waals surface area contributed by atoms with E-state index in [4.69, 9.17) is 13.9 Å². The van der Waals surface area contributed by atoms with Gasteiger partial charge in [-0.25, -0.2) is 9.67 Å². The fourth-order valence-electron chi connectivity index (χ4n) is 3.46. The summed E-state index contributed by atoms with van der Waals surface area (Å²) in [5, 5.41) is 4.56. The first kappa shape index (κ1) is 19.1. The van der Waals surface area contributed by atoms with Gasteiger partial charge in [-0.05, 0) is 43.3 Å². The first-order valence-corrected chi connectivity index (χ1v) is 10.2. The van der Waals surface area contributed by atoms with Crippen LogP contribution in [-0.2, 0) is 6.54 Å². The Labute approximate surface area is 178 Å². The quantitative estimate of drug-likeness (QED) is 0.500.